The number of hydrogen-bond donors (Lipinski definition) is 3. The first kappa shape index (κ1) is 23.2. The van der Waals surface area contributed by atoms with Crippen molar-refractivity contribution < 1.29 is 57.5 Å². The van der Waals surface area contributed by atoms with Crippen molar-refractivity contribution >= 4 is 44.2 Å². The quantitative estimate of drug-likeness (QED) is 0.129. The van der Waals surface area contributed by atoms with Gasteiger partial charge in [-0.2, -0.15) is 0 Å². The van der Waals surface area contributed by atoms with E-state index in [9.17, 15) is 38.3 Å². The number of aromatic hydroxyl groups is 1. The molecule has 0 radical (unpaired) electrons. The van der Waals surface area contributed by atoms with Crippen molar-refractivity contribution in [3.8, 4) is 5.75 Å². The molecule has 0 saturated carbocycles. The van der Waals surface area contributed by atoms with Crippen LogP contribution in [-0.2, 0) is 10.1 Å². The average Bonchev–Trinajstić information content (AvgIpc) is 2.53. The van der Waals surface area contributed by atoms with Gasteiger partial charge in [-0.05, 0) is 12.1 Å². The summed E-state index contributed by atoms with van der Waals surface area (Å²) in [5, 5.41) is 38.5. The molecule has 0 saturated heterocycles. The molecule has 0 aromatic heterocycles. The maximum atomic E-state index is 11.1. The minimum atomic E-state index is -4.96. The van der Waals surface area contributed by atoms with Crippen molar-refractivity contribution in [1.82, 2.24) is 0 Å². The van der Waals surface area contributed by atoms with Gasteiger partial charge in [0.05, 0.1) is 32.2 Å². The Balaban J connectivity index is 0.00000392. The Bertz CT molecular complexity index is 1100. The average molecular weight is 420 g/mol. The fourth-order valence-corrected chi connectivity index (χ4v) is 2.53. The number of non-ortho nitro benzene ring substituents is 1. The number of nitrogens with zero attached hydrogens (tertiary/aromatic N) is 4. The van der Waals surface area contributed by atoms with Crippen molar-refractivity contribution in [3.05, 3.63) is 44.5 Å². The molecular weight excluding hydrogens is 411 g/mol. The number of nitrogens with two attached hydrogens (primary N) is 2. The van der Waals surface area contributed by atoms with E-state index in [0.717, 1.165) is 6.07 Å². The number of nitro groups is 2. The predicted octanol–water partition coefficient (Wildman–Crippen LogP) is -1.30. The molecule has 28 heavy (non-hydrogen) atoms. The van der Waals surface area contributed by atoms with Gasteiger partial charge < -0.3 is 21.1 Å². The van der Waals surface area contributed by atoms with Crippen molar-refractivity contribution in [1.29, 1.82) is 0 Å². The van der Waals surface area contributed by atoms with Crippen molar-refractivity contribution in [2.75, 3.05) is 11.5 Å². The molecular formula is C12H9N6NaO8S. The molecule has 5 N–H and O–H groups in total. The SMILES string of the molecule is Nc1cc(N)c(S(=O)(=O)[O-])cc1N=Nc1cc([N+](=O)[O-])cc([N+](=O)[O-])c1O.[Na+]. The standard InChI is InChI=1S/C12H10N6O8S.Na/c13-6-3-7(14)11(27(24,25)26)4-8(6)15-16-9-1-5(17(20)21)2-10(12(9)19)18(22)23;/h1-4,19H,13-14H2,(H,24,25,26);/q;+1/p-1. The minimum Gasteiger partial charge on any atom is -0.744 e. The smallest absolute Gasteiger partial charge is 0.744 e. The molecule has 0 amide bonds. The molecule has 142 valence electrons. The molecule has 16 heteroatoms. The van der Waals surface area contributed by atoms with E-state index in [1.54, 1.807) is 0 Å². The Kier molecular flexibility index (Phi) is 6.99. The topological polar surface area (TPSA) is 240 Å². The summed E-state index contributed by atoms with van der Waals surface area (Å²) in [4.78, 5) is 18.9. The Morgan fingerprint density at radius 2 is 1.50 bits per heavy atom. The Labute approximate surface area is 178 Å². The van der Waals surface area contributed by atoms with Crippen LogP contribution >= 0.6 is 0 Å². The summed E-state index contributed by atoms with van der Waals surface area (Å²) >= 11 is 0. The van der Waals surface area contributed by atoms with Crippen LogP contribution in [0.25, 0.3) is 0 Å². The number of nitrogen functional groups attached to an aromatic ring is 2. The first-order valence-electron chi connectivity index (χ1n) is 6.64. The van der Waals surface area contributed by atoms with Crippen LogP contribution in [-0.4, -0.2) is 27.9 Å². The zero-order chi connectivity index (χ0) is 20.5. The predicted molar refractivity (Wildman–Crippen MR) is 88.8 cm³/mol. The molecule has 0 aliphatic carbocycles. The summed E-state index contributed by atoms with van der Waals surface area (Å²) in [6, 6.07) is 2.85. The molecule has 0 atom stereocenters. The molecule has 2 aromatic carbocycles. The monoisotopic (exact) mass is 420 g/mol. The molecule has 0 heterocycles. The molecule has 0 bridgehead atoms. The third-order valence-corrected chi connectivity index (χ3v) is 4.05. The number of anilines is 2. The number of benzene rings is 2. The number of azo groups is 1. The van der Waals surface area contributed by atoms with Gasteiger partial charge >= 0.3 is 35.2 Å². The fourth-order valence-electron chi connectivity index (χ4n) is 1.92. The molecule has 2 aromatic rings. The van der Waals surface area contributed by atoms with Crippen LogP contribution < -0.4 is 41.0 Å². The van der Waals surface area contributed by atoms with E-state index in [1.165, 1.54) is 0 Å². The maximum Gasteiger partial charge on any atom is 1.00 e. The molecule has 0 aliphatic heterocycles. The Morgan fingerprint density at radius 3 is 2.00 bits per heavy atom. The van der Waals surface area contributed by atoms with Gasteiger partial charge in [-0.15, -0.1) is 10.2 Å². The number of phenols is 1. The minimum absolute atomic E-state index is 0. The third-order valence-electron chi connectivity index (χ3n) is 3.16. The van der Waals surface area contributed by atoms with Crippen LogP contribution in [0.3, 0.4) is 0 Å². The van der Waals surface area contributed by atoms with E-state index < -0.39 is 53.4 Å². The summed E-state index contributed by atoms with van der Waals surface area (Å²) in [5.74, 6) is -1.01. The molecule has 0 unspecified atom stereocenters. The largest absolute Gasteiger partial charge is 1.00 e. The van der Waals surface area contributed by atoms with Crippen LogP contribution in [0.5, 0.6) is 5.75 Å². The molecule has 0 spiro atoms. The van der Waals surface area contributed by atoms with Gasteiger partial charge in [0.15, 0.2) is 0 Å². The van der Waals surface area contributed by atoms with E-state index in [2.05, 4.69) is 10.2 Å². The van der Waals surface area contributed by atoms with Gasteiger partial charge in [0.2, 0.25) is 5.75 Å². The first-order valence-corrected chi connectivity index (χ1v) is 8.05. The molecule has 0 aliphatic rings. The van der Waals surface area contributed by atoms with Gasteiger partial charge in [0.25, 0.3) is 5.69 Å². The van der Waals surface area contributed by atoms with Crippen LogP contribution in [0.4, 0.5) is 34.1 Å². The number of rotatable bonds is 5. The van der Waals surface area contributed by atoms with Gasteiger partial charge in [-0.3, -0.25) is 20.2 Å². The number of phenolic OH excluding ortho intramolecular Hbond substituents is 1. The van der Waals surface area contributed by atoms with Crippen molar-refractivity contribution in [3.63, 3.8) is 0 Å². The summed E-state index contributed by atoms with van der Waals surface area (Å²) < 4.78 is 33.4. The molecule has 0 fully saturated rings. The second kappa shape index (κ2) is 8.44. The van der Waals surface area contributed by atoms with Crippen molar-refractivity contribution in [2.24, 2.45) is 10.2 Å². The maximum absolute atomic E-state index is 11.1. The number of hydrogen-bond acceptors (Lipinski definition) is 12. The normalized spacial score (nSPS) is 11.2. The van der Waals surface area contributed by atoms with E-state index in [0.29, 0.717) is 18.2 Å². The second-order valence-corrected chi connectivity index (χ2v) is 6.30. The van der Waals surface area contributed by atoms with E-state index in [1.807, 2.05) is 0 Å². The molecule has 14 nitrogen and oxygen atoms in total. The number of nitro benzene ring substituents is 2. The van der Waals surface area contributed by atoms with Crippen LogP contribution in [0.1, 0.15) is 0 Å². The summed E-state index contributed by atoms with van der Waals surface area (Å²) in [6.07, 6.45) is 0. The van der Waals surface area contributed by atoms with E-state index >= 15 is 0 Å². The molecule has 2 rings (SSSR count). The van der Waals surface area contributed by atoms with Crippen molar-refractivity contribution in [2.45, 2.75) is 4.90 Å². The fraction of sp³-hybridized carbons (Fsp3) is 0. The Hall–Kier alpha value is -2.85. The second-order valence-electron chi connectivity index (χ2n) is 4.95. The summed E-state index contributed by atoms with van der Waals surface area (Å²) in [7, 11) is -4.96. The summed E-state index contributed by atoms with van der Waals surface area (Å²) in [5.41, 5.74) is 7.57. The zero-order valence-electron chi connectivity index (χ0n) is 14.0. The zero-order valence-corrected chi connectivity index (χ0v) is 16.8. The summed E-state index contributed by atoms with van der Waals surface area (Å²) in [6.45, 7) is 0. The van der Waals surface area contributed by atoms with Crippen LogP contribution in [0.2, 0.25) is 0 Å². The van der Waals surface area contributed by atoms with Gasteiger partial charge in [0, 0.05) is 6.07 Å². The van der Waals surface area contributed by atoms with Crippen LogP contribution in [0, 0.1) is 20.2 Å². The Morgan fingerprint density at radius 1 is 0.929 bits per heavy atom. The third kappa shape index (κ3) is 4.90. The van der Waals surface area contributed by atoms with E-state index in [4.69, 9.17) is 11.5 Å². The van der Waals surface area contributed by atoms with Gasteiger partial charge in [-0.25, -0.2) is 8.42 Å². The first-order chi connectivity index (χ1) is 12.4. The van der Waals surface area contributed by atoms with Gasteiger partial charge in [-0.1, -0.05) is 0 Å². The van der Waals surface area contributed by atoms with Gasteiger partial charge in [0.1, 0.15) is 21.5 Å². The van der Waals surface area contributed by atoms with Crippen LogP contribution in [0.15, 0.2) is 39.4 Å². The van der Waals surface area contributed by atoms with E-state index in [-0.39, 0.29) is 40.9 Å².